The summed E-state index contributed by atoms with van der Waals surface area (Å²) in [5.74, 6) is -0.441. The molecule has 0 unspecified atom stereocenters. The van der Waals surface area contributed by atoms with Crippen LogP contribution in [-0.2, 0) is 14.8 Å². The Morgan fingerprint density at radius 1 is 1.08 bits per heavy atom. The Balaban J connectivity index is 1.52. The number of carbonyl (C=O) groups is 1. The third kappa shape index (κ3) is 5.50. The number of halogens is 2. The van der Waals surface area contributed by atoms with E-state index in [9.17, 15) is 22.0 Å². The van der Waals surface area contributed by atoms with Crippen LogP contribution in [0, 0.1) is 0 Å². The van der Waals surface area contributed by atoms with Gasteiger partial charge in [0, 0.05) is 26.2 Å². The van der Waals surface area contributed by atoms with E-state index in [0.717, 1.165) is 6.07 Å². The molecule has 1 N–H and O–H groups in total. The molecule has 2 aromatic carbocycles. The fourth-order valence-electron chi connectivity index (χ4n) is 3.82. The fraction of sp³-hybridized carbons (Fsp3) is 0.435. The van der Waals surface area contributed by atoms with Gasteiger partial charge in [0.15, 0.2) is 11.5 Å². The van der Waals surface area contributed by atoms with Gasteiger partial charge in [-0.25, -0.2) is 13.2 Å². The number of piperazine rings is 1. The zero-order valence-electron chi connectivity index (χ0n) is 20.2. The Labute approximate surface area is 207 Å². The van der Waals surface area contributed by atoms with E-state index in [0.29, 0.717) is 37.6 Å². The third-order valence-corrected chi connectivity index (χ3v) is 6.79. The lowest BCUT2D eigenvalue weighted by molar-refractivity contribution is -0.287. The van der Waals surface area contributed by atoms with Gasteiger partial charge < -0.3 is 28.7 Å². The van der Waals surface area contributed by atoms with Crippen LogP contribution in [0.3, 0.4) is 0 Å². The number of sulfonamides is 1. The first-order chi connectivity index (χ1) is 16.8. The molecule has 2 heterocycles. The zero-order valence-corrected chi connectivity index (χ0v) is 21.0. The molecule has 0 aromatic heterocycles. The molecular weight excluding hydrogens is 500 g/mol. The lowest BCUT2D eigenvalue weighted by atomic mass is 10.2. The van der Waals surface area contributed by atoms with Gasteiger partial charge in [-0.2, -0.15) is 0 Å². The van der Waals surface area contributed by atoms with Gasteiger partial charge in [0.25, 0.3) is 10.0 Å². The Morgan fingerprint density at radius 3 is 2.42 bits per heavy atom. The van der Waals surface area contributed by atoms with Crippen molar-refractivity contribution in [2.75, 3.05) is 42.9 Å². The molecule has 13 heteroatoms. The maximum atomic E-state index is 13.5. The monoisotopic (exact) mass is 527 g/mol. The molecule has 36 heavy (non-hydrogen) atoms. The summed E-state index contributed by atoms with van der Waals surface area (Å²) in [6.45, 7) is 7.11. The van der Waals surface area contributed by atoms with Crippen molar-refractivity contribution in [1.82, 2.24) is 4.90 Å². The molecule has 0 bridgehead atoms. The van der Waals surface area contributed by atoms with Crippen molar-refractivity contribution in [2.45, 2.75) is 37.6 Å². The van der Waals surface area contributed by atoms with Crippen LogP contribution in [0.4, 0.5) is 25.0 Å². The number of hydrogen-bond donors (Lipinski definition) is 1. The topological polar surface area (TPSA) is 107 Å². The van der Waals surface area contributed by atoms with E-state index >= 15 is 0 Å². The SMILES string of the molecule is COc1ccc(NS(=O)(=O)c2cccc3c2OC(F)(F)O3)cc1N1CCN(C(=O)OC(C)(C)C)CC1. The van der Waals surface area contributed by atoms with Crippen molar-refractivity contribution in [3.8, 4) is 17.2 Å². The molecule has 0 atom stereocenters. The number of carbonyl (C=O) groups excluding carboxylic acids is 1. The van der Waals surface area contributed by atoms with E-state index < -0.39 is 38.7 Å². The van der Waals surface area contributed by atoms with Gasteiger partial charge in [-0.3, -0.25) is 4.72 Å². The number of nitrogens with one attached hydrogen (secondary N) is 1. The summed E-state index contributed by atoms with van der Waals surface area (Å²) in [5.41, 5.74) is 0.184. The predicted molar refractivity (Wildman–Crippen MR) is 126 cm³/mol. The number of amides is 1. The summed E-state index contributed by atoms with van der Waals surface area (Å²) in [5, 5.41) is 0. The van der Waals surface area contributed by atoms with Crippen molar-refractivity contribution in [2.24, 2.45) is 0 Å². The zero-order chi connectivity index (χ0) is 26.3. The molecule has 4 rings (SSSR count). The van der Waals surface area contributed by atoms with Gasteiger partial charge in [-0.1, -0.05) is 6.07 Å². The second-order valence-corrected chi connectivity index (χ2v) is 10.8. The quantitative estimate of drug-likeness (QED) is 0.625. The minimum absolute atomic E-state index is 0.184. The van der Waals surface area contributed by atoms with Crippen LogP contribution in [0.15, 0.2) is 41.3 Å². The number of hydrogen-bond acceptors (Lipinski definition) is 8. The van der Waals surface area contributed by atoms with E-state index in [1.54, 1.807) is 37.8 Å². The second-order valence-electron chi connectivity index (χ2n) is 9.20. The second kappa shape index (κ2) is 9.19. The molecule has 10 nitrogen and oxygen atoms in total. The molecule has 1 fully saturated rings. The van der Waals surface area contributed by atoms with Crippen molar-refractivity contribution >= 4 is 27.5 Å². The van der Waals surface area contributed by atoms with E-state index in [2.05, 4.69) is 14.2 Å². The minimum atomic E-state index is -4.31. The molecule has 1 amide bonds. The molecule has 0 aliphatic carbocycles. The number of alkyl halides is 2. The van der Waals surface area contributed by atoms with Gasteiger partial charge in [-0.15, -0.1) is 8.78 Å². The van der Waals surface area contributed by atoms with Crippen LogP contribution in [0.2, 0.25) is 0 Å². The first-order valence-corrected chi connectivity index (χ1v) is 12.6. The number of anilines is 2. The largest absolute Gasteiger partial charge is 0.586 e. The Bertz CT molecular complexity index is 1260. The first kappa shape index (κ1) is 25.6. The van der Waals surface area contributed by atoms with E-state index in [-0.39, 0.29) is 11.4 Å². The minimum Gasteiger partial charge on any atom is -0.495 e. The average Bonchev–Trinajstić information content (AvgIpc) is 3.11. The van der Waals surface area contributed by atoms with Crippen LogP contribution in [0.5, 0.6) is 17.2 Å². The molecule has 1 saturated heterocycles. The Morgan fingerprint density at radius 2 is 1.78 bits per heavy atom. The van der Waals surface area contributed by atoms with Crippen LogP contribution in [0.25, 0.3) is 0 Å². The van der Waals surface area contributed by atoms with Gasteiger partial charge in [0.2, 0.25) is 0 Å². The molecule has 0 radical (unpaired) electrons. The Kier molecular flexibility index (Phi) is 6.54. The van der Waals surface area contributed by atoms with Gasteiger partial charge in [0.1, 0.15) is 16.2 Å². The van der Waals surface area contributed by atoms with Crippen LogP contribution >= 0.6 is 0 Å². The number of fused-ring (bicyclic) bond motifs is 1. The maximum Gasteiger partial charge on any atom is 0.586 e. The molecule has 2 aliphatic heterocycles. The number of methoxy groups -OCH3 is 1. The molecule has 2 aliphatic rings. The van der Waals surface area contributed by atoms with Gasteiger partial charge in [-0.05, 0) is 51.1 Å². The third-order valence-electron chi connectivity index (χ3n) is 5.39. The lowest BCUT2D eigenvalue weighted by Gasteiger charge is -2.37. The van der Waals surface area contributed by atoms with Crippen molar-refractivity contribution in [3.63, 3.8) is 0 Å². The van der Waals surface area contributed by atoms with E-state index in [1.807, 2.05) is 4.90 Å². The number of para-hydroxylation sites is 1. The highest BCUT2D eigenvalue weighted by Crippen LogP contribution is 2.45. The van der Waals surface area contributed by atoms with Crippen molar-refractivity contribution < 1.29 is 40.9 Å². The average molecular weight is 528 g/mol. The maximum absolute atomic E-state index is 13.5. The van der Waals surface area contributed by atoms with E-state index in [4.69, 9.17) is 9.47 Å². The summed E-state index contributed by atoms with van der Waals surface area (Å²) in [6.07, 6.45) is -4.36. The summed E-state index contributed by atoms with van der Waals surface area (Å²) in [7, 11) is -2.82. The van der Waals surface area contributed by atoms with Gasteiger partial charge >= 0.3 is 12.4 Å². The number of nitrogens with zero attached hydrogens (tertiary/aromatic N) is 2. The molecule has 196 valence electrons. The molecule has 2 aromatic rings. The highest BCUT2D eigenvalue weighted by Gasteiger charge is 2.46. The number of rotatable bonds is 5. The number of benzene rings is 2. The molecular formula is C23H27F2N3O7S. The number of ether oxygens (including phenoxy) is 4. The van der Waals surface area contributed by atoms with E-state index in [1.165, 1.54) is 25.3 Å². The van der Waals surface area contributed by atoms with Crippen LogP contribution in [-0.4, -0.2) is 64.6 Å². The summed E-state index contributed by atoms with van der Waals surface area (Å²) < 4.78 is 75.2. The summed E-state index contributed by atoms with van der Waals surface area (Å²) in [4.78, 5) is 15.4. The van der Waals surface area contributed by atoms with Crippen molar-refractivity contribution in [3.05, 3.63) is 36.4 Å². The smallest absolute Gasteiger partial charge is 0.495 e. The van der Waals surface area contributed by atoms with Crippen molar-refractivity contribution in [1.29, 1.82) is 0 Å². The normalized spacial score (nSPS) is 17.1. The standard InChI is InChI=1S/C23H27F2N3O7S/c1-22(2,3)35-21(29)28-12-10-27(11-13-28)16-14-15(8-9-17(16)32-4)26-36(30,31)19-7-5-6-18-20(19)34-23(24,25)33-18/h5-9,14,26H,10-13H2,1-4H3. The molecule has 0 spiro atoms. The highest BCUT2D eigenvalue weighted by atomic mass is 32.2. The predicted octanol–water partition coefficient (Wildman–Crippen LogP) is 3.87. The first-order valence-electron chi connectivity index (χ1n) is 11.1. The van der Waals surface area contributed by atoms with Crippen LogP contribution < -0.4 is 23.8 Å². The summed E-state index contributed by atoms with van der Waals surface area (Å²) in [6, 6.07) is 8.28. The highest BCUT2D eigenvalue weighted by molar-refractivity contribution is 7.92. The Hall–Kier alpha value is -3.48. The lowest BCUT2D eigenvalue weighted by Crippen LogP contribution is -2.50. The fourth-order valence-corrected chi connectivity index (χ4v) is 5.01. The van der Waals surface area contributed by atoms with Gasteiger partial charge in [0.05, 0.1) is 18.5 Å². The molecule has 0 saturated carbocycles. The summed E-state index contributed by atoms with van der Waals surface area (Å²) >= 11 is 0. The van der Waals surface area contributed by atoms with Crippen LogP contribution in [0.1, 0.15) is 20.8 Å².